The van der Waals surface area contributed by atoms with Crippen LogP contribution in [0.15, 0.2) is 50.7 Å². The van der Waals surface area contributed by atoms with Crippen LogP contribution < -0.4 is 11.2 Å². The van der Waals surface area contributed by atoms with Crippen molar-refractivity contribution >= 4 is 27.5 Å². The molecule has 2 saturated carbocycles. The number of benzene rings is 1. The van der Waals surface area contributed by atoms with Crippen LogP contribution in [0.25, 0.3) is 21.0 Å². The largest absolute Gasteiger partial charge is 0.480 e. The van der Waals surface area contributed by atoms with E-state index in [1.54, 1.807) is 6.92 Å². The fourth-order valence-corrected chi connectivity index (χ4v) is 8.22. The van der Waals surface area contributed by atoms with Gasteiger partial charge in [-0.15, -0.1) is 11.3 Å². The number of nitrogens with zero attached hydrogens (tertiary/aromatic N) is 4. The lowest BCUT2D eigenvalue weighted by Crippen LogP contribution is -2.52. The summed E-state index contributed by atoms with van der Waals surface area (Å²) in [4.78, 5) is 45.7. The maximum Gasteiger partial charge on any atom is 0.333 e. The maximum absolute atomic E-state index is 14.3. The second-order valence-corrected chi connectivity index (χ2v) is 13.4. The van der Waals surface area contributed by atoms with Crippen LogP contribution in [0.3, 0.4) is 0 Å². The Morgan fingerprint density at radius 3 is 2.57 bits per heavy atom. The van der Waals surface area contributed by atoms with Crippen molar-refractivity contribution in [2.24, 2.45) is 11.8 Å². The van der Waals surface area contributed by atoms with E-state index in [1.807, 2.05) is 24.3 Å². The van der Waals surface area contributed by atoms with Crippen LogP contribution in [0.4, 0.5) is 0 Å². The minimum absolute atomic E-state index is 0.0206. The van der Waals surface area contributed by atoms with Gasteiger partial charge in [-0.3, -0.25) is 9.36 Å². The normalized spacial score (nSPS) is 22.2. The molecule has 0 saturated heterocycles. The summed E-state index contributed by atoms with van der Waals surface area (Å²) < 4.78 is 14.6. The molecule has 3 unspecified atom stereocenters. The van der Waals surface area contributed by atoms with E-state index in [9.17, 15) is 29.9 Å². The Bertz CT molecular complexity index is 1870. The lowest BCUT2D eigenvalue weighted by atomic mass is 9.99. The van der Waals surface area contributed by atoms with Gasteiger partial charge in [0.15, 0.2) is 0 Å². The number of carboxylic acids is 1. The zero-order chi connectivity index (χ0) is 31.3. The Morgan fingerprint density at radius 2 is 1.93 bits per heavy atom. The molecule has 3 heterocycles. The molecule has 3 atom stereocenters. The lowest BCUT2D eigenvalue weighted by Gasteiger charge is -2.28. The van der Waals surface area contributed by atoms with Gasteiger partial charge in [-0.05, 0) is 75.0 Å². The molecule has 44 heavy (non-hydrogen) atoms. The first-order valence-corrected chi connectivity index (χ1v) is 15.5. The molecule has 0 aliphatic heterocycles. The van der Waals surface area contributed by atoms with Crippen molar-refractivity contribution in [3.8, 4) is 16.8 Å². The number of carbonyl (C=O) groups is 1. The van der Waals surface area contributed by atoms with Crippen molar-refractivity contribution in [1.29, 1.82) is 5.26 Å². The predicted molar refractivity (Wildman–Crippen MR) is 162 cm³/mol. The highest BCUT2D eigenvalue weighted by atomic mass is 32.1. The fraction of sp³-hybridized carbons (Fsp3) is 0.469. The van der Waals surface area contributed by atoms with Crippen LogP contribution >= 0.6 is 11.3 Å². The molecule has 0 radical (unpaired) electrons. The number of ether oxygens (including phenoxy) is 1. The number of hydrogen-bond acceptors (Lipinski definition) is 9. The molecule has 230 valence electrons. The van der Waals surface area contributed by atoms with E-state index < -0.39 is 28.9 Å². The van der Waals surface area contributed by atoms with Gasteiger partial charge < -0.3 is 19.4 Å². The van der Waals surface area contributed by atoms with Gasteiger partial charge in [-0.25, -0.2) is 19.1 Å². The molecule has 2 fully saturated rings. The minimum Gasteiger partial charge on any atom is -0.480 e. The SMILES string of the molecule is Cc1c(-c2ncco2)sc2c1c(=O)n(C(C)(C)C(=O)O)c(=O)n2CC(OC1CC2CC(O)CC2C1)c1ccccc1CC#N. The molecule has 1 aromatic carbocycles. The van der Waals surface area contributed by atoms with E-state index in [2.05, 4.69) is 11.1 Å². The van der Waals surface area contributed by atoms with Crippen LogP contribution in [-0.4, -0.2) is 42.5 Å². The summed E-state index contributed by atoms with van der Waals surface area (Å²) in [5, 5.41) is 30.0. The van der Waals surface area contributed by atoms with Gasteiger partial charge in [0.2, 0.25) is 5.89 Å². The summed E-state index contributed by atoms with van der Waals surface area (Å²) in [5.74, 6) is -0.310. The Hall–Kier alpha value is -4.05. The van der Waals surface area contributed by atoms with Crippen molar-refractivity contribution in [3.63, 3.8) is 0 Å². The number of fused-ring (bicyclic) bond motifs is 2. The summed E-state index contributed by atoms with van der Waals surface area (Å²) in [6, 6.07) is 9.66. The van der Waals surface area contributed by atoms with Crippen LogP contribution in [0.2, 0.25) is 0 Å². The summed E-state index contributed by atoms with van der Waals surface area (Å²) >= 11 is 1.18. The number of aromatic nitrogens is 3. The number of rotatable bonds is 9. The van der Waals surface area contributed by atoms with Gasteiger partial charge in [0.05, 0.1) is 47.7 Å². The third-order valence-electron chi connectivity index (χ3n) is 9.25. The molecule has 0 bridgehead atoms. The minimum atomic E-state index is -1.85. The molecule has 2 aliphatic carbocycles. The average Bonchev–Trinajstić information content (AvgIpc) is 3.75. The zero-order valence-electron chi connectivity index (χ0n) is 24.7. The Morgan fingerprint density at radius 1 is 1.23 bits per heavy atom. The van der Waals surface area contributed by atoms with E-state index >= 15 is 0 Å². The van der Waals surface area contributed by atoms with E-state index in [4.69, 9.17) is 9.15 Å². The van der Waals surface area contributed by atoms with Gasteiger partial charge in [0, 0.05) is 0 Å². The summed E-state index contributed by atoms with van der Waals surface area (Å²) in [6.07, 6.45) is 5.00. The summed E-state index contributed by atoms with van der Waals surface area (Å²) in [6.45, 7) is 4.36. The van der Waals surface area contributed by atoms with Crippen molar-refractivity contribution in [1.82, 2.24) is 14.1 Å². The molecule has 0 amide bonds. The molecular weight excluding hydrogens is 584 g/mol. The smallest absolute Gasteiger partial charge is 0.333 e. The van der Waals surface area contributed by atoms with Crippen LogP contribution in [-0.2, 0) is 28.0 Å². The number of carboxylic acid groups (broad SMARTS) is 1. The number of hydrogen-bond donors (Lipinski definition) is 2. The molecule has 11 nitrogen and oxygen atoms in total. The molecule has 0 spiro atoms. The second-order valence-electron chi connectivity index (χ2n) is 12.4. The van der Waals surface area contributed by atoms with Crippen molar-refractivity contribution in [2.75, 3.05) is 0 Å². The first kappa shape index (κ1) is 30.0. The number of aliphatic carboxylic acids is 1. The van der Waals surface area contributed by atoms with Crippen molar-refractivity contribution < 1.29 is 24.2 Å². The highest BCUT2D eigenvalue weighted by Gasteiger charge is 2.43. The standard InChI is InChI=1S/C32H34N4O7S/c1-17-25-28(38)36(32(2,3)30(39)40)31(41)35(29(25)44-26(17)27-34-10-11-42-27)16-24(23-7-5-4-6-18(23)8-9-33)43-22-14-19-12-21(37)13-20(19)15-22/h4-7,10-11,19-22,24,37H,8,12-16H2,1-3H3,(H,39,40). The summed E-state index contributed by atoms with van der Waals surface area (Å²) in [7, 11) is 0. The van der Waals surface area contributed by atoms with Gasteiger partial charge >= 0.3 is 11.7 Å². The van der Waals surface area contributed by atoms with Gasteiger partial charge in [0.1, 0.15) is 22.7 Å². The average molecular weight is 619 g/mol. The Labute approximate surface area is 257 Å². The van der Waals surface area contributed by atoms with Gasteiger partial charge in [-0.2, -0.15) is 5.26 Å². The van der Waals surface area contributed by atoms with E-state index in [0.29, 0.717) is 27.1 Å². The van der Waals surface area contributed by atoms with Crippen molar-refractivity contribution in [3.05, 3.63) is 74.3 Å². The monoisotopic (exact) mass is 618 g/mol. The predicted octanol–water partition coefficient (Wildman–Crippen LogP) is 4.38. The topological polar surface area (TPSA) is 161 Å². The molecule has 6 rings (SSSR count). The fourth-order valence-electron chi connectivity index (χ4n) is 6.98. The van der Waals surface area contributed by atoms with Crippen LogP contribution in [0, 0.1) is 30.1 Å². The Balaban J connectivity index is 1.53. The van der Waals surface area contributed by atoms with Gasteiger partial charge in [0.25, 0.3) is 5.56 Å². The number of aliphatic hydroxyl groups is 1. The number of oxazole rings is 1. The summed E-state index contributed by atoms with van der Waals surface area (Å²) in [5.41, 5.74) is -1.27. The number of thiophene rings is 1. The number of aryl methyl sites for hydroxylation is 1. The number of aliphatic hydroxyl groups excluding tert-OH is 1. The first-order chi connectivity index (χ1) is 21.0. The molecule has 3 aromatic heterocycles. The zero-order valence-corrected chi connectivity index (χ0v) is 25.5. The van der Waals surface area contributed by atoms with E-state index in [-0.39, 0.29) is 36.5 Å². The molecule has 4 aromatic rings. The van der Waals surface area contributed by atoms with Crippen LogP contribution in [0.1, 0.15) is 62.3 Å². The molecule has 12 heteroatoms. The van der Waals surface area contributed by atoms with Crippen molar-refractivity contribution in [2.45, 2.75) is 83.3 Å². The first-order valence-electron chi connectivity index (χ1n) is 14.7. The second kappa shape index (κ2) is 11.5. The highest BCUT2D eigenvalue weighted by Crippen LogP contribution is 2.46. The van der Waals surface area contributed by atoms with E-state index in [1.165, 1.54) is 42.2 Å². The highest BCUT2D eigenvalue weighted by molar-refractivity contribution is 7.22. The van der Waals surface area contributed by atoms with Gasteiger partial charge in [-0.1, -0.05) is 24.3 Å². The maximum atomic E-state index is 14.3. The quantitative estimate of drug-likeness (QED) is 0.277. The Kier molecular flexibility index (Phi) is 7.82. The molecular formula is C32H34N4O7S. The molecule has 2 N–H and O–H groups in total. The lowest BCUT2D eigenvalue weighted by molar-refractivity contribution is -0.146. The molecule has 2 aliphatic rings. The third kappa shape index (κ3) is 5.08. The number of nitriles is 1. The van der Waals surface area contributed by atoms with Crippen LogP contribution in [0.5, 0.6) is 0 Å². The van der Waals surface area contributed by atoms with E-state index in [0.717, 1.165) is 41.4 Å². The third-order valence-corrected chi connectivity index (χ3v) is 10.5.